The summed E-state index contributed by atoms with van der Waals surface area (Å²) in [6, 6.07) is 9.05. The number of benzene rings is 2. The molecule has 0 amide bonds. The summed E-state index contributed by atoms with van der Waals surface area (Å²) in [6.07, 6.45) is 14.1. The van der Waals surface area contributed by atoms with Gasteiger partial charge in [-0.1, -0.05) is 56.2 Å². The van der Waals surface area contributed by atoms with Gasteiger partial charge in [0.1, 0.15) is 5.82 Å². The average molecular weight is 455 g/mol. The smallest absolute Gasteiger partial charge is 0.166 e. The molecule has 2 aliphatic rings. The Hall–Kier alpha value is -2.03. The van der Waals surface area contributed by atoms with Gasteiger partial charge in [0, 0.05) is 5.56 Å². The molecule has 0 radical (unpaired) electrons. The third kappa shape index (κ3) is 5.73. The molecule has 2 aromatic rings. The number of halogens is 3. The van der Waals surface area contributed by atoms with E-state index < -0.39 is 11.6 Å². The van der Waals surface area contributed by atoms with E-state index in [1.807, 2.05) is 25.1 Å². The number of hydrogen-bond acceptors (Lipinski definition) is 0. The van der Waals surface area contributed by atoms with Gasteiger partial charge in [-0.25, -0.2) is 13.2 Å². The van der Waals surface area contributed by atoms with Crippen LogP contribution in [-0.4, -0.2) is 0 Å². The molecule has 0 nitrogen and oxygen atoms in total. The Kier molecular flexibility index (Phi) is 7.98. The van der Waals surface area contributed by atoms with Gasteiger partial charge in [0.25, 0.3) is 0 Å². The maximum absolute atomic E-state index is 14.9. The van der Waals surface area contributed by atoms with Crippen LogP contribution in [-0.2, 0) is 0 Å². The molecular weight excluding hydrogens is 417 g/mol. The zero-order chi connectivity index (χ0) is 23.4. The Morgan fingerprint density at radius 1 is 0.788 bits per heavy atom. The Morgan fingerprint density at radius 2 is 1.42 bits per heavy atom. The van der Waals surface area contributed by atoms with E-state index in [0.717, 1.165) is 68.4 Å². The minimum absolute atomic E-state index is 0.106. The number of hydrogen-bond donors (Lipinski definition) is 0. The van der Waals surface area contributed by atoms with Crippen molar-refractivity contribution in [3.05, 3.63) is 76.1 Å². The Balaban J connectivity index is 1.36. The van der Waals surface area contributed by atoms with Crippen molar-refractivity contribution in [2.24, 2.45) is 11.8 Å². The molecule has 2 aromatic carbocycles. The Morgan fingerprint density at radius 3 is 2.09 bits per heavy atom. The van der Waals surface area contributed by atoms with E-state index in [0.29, 0.717) is 17.0 Å². The molecule has 0 aromatic heterocycles. The van der Waals surface area contributed by atoms with Crippen molar-refractivity contribution in [2.75, 3.05) is 0 Å². The lowest BCUT2D eigenvalue weighted by atomic mass is 9.77. The maximum atomic E-state index is 14.9. The third-order valence-corrected chi connectivity index (χ3v) is 8.04. The summed E-state index contributed by atoms with van der Waals surface area (Å²) in [5.41, 5.74) is 2.65. The van der Waals surface area contributed by atoms with Gasteiger partial charge in [0.2, 0.25) is 0 Å². The van der Waals surface area contributed by atoms with E-state index in [1.54, 1.807) is 24.3 Å². The van der Waals surface area contributed by atoms with E-state index in [9.17, 15) is 13.2 Å². The average Bonchev–Trinajstić information content (AvgIpc) is 2.81. The highest BCUT2D eigenvalue weighted by Crippen LogP contribution is 2.40. The minimum atomic E-state index is -0.713. The van der Waals surface area contributed by atoms with E-state index >= 15 is 0 Å². The molecule has 178 valence electrons. The minimum Gasteiger partial charge on any atom is -0.207 e. The summed E-state index contributed by atoms with van der Waals surface area (Å²) in [5, 5.41) is 0. The van der Waals surface area contributed by atoms with Crippen LogP contribution in [0.5, 0.6) is 0 Å². The third-order valence-electron chi connectivity index (χ3n) is 8.04. The van der Waals surface area contributed by atoms with Gasteiger partial charge >= 0.3 is 0 Å². The number of aryl methyl sites for hydroxylation is 1. The summed E-state index contributed by atoms with van der Waals surface area (Å²) in [4.78, 5) is 0. The van der Waals surface area contributed by atoms with Crippen LogP contribution in [0, 0.1) is 36.2 Å². The van der Waals surface area contributed by atoms with E-state index in [2.05, 4.69) is 6.92 Å². The molecule has 2 fully saturated rings. The highest BCUT2D eigenvalue weighted by molar-refractivity contribution is 5.52. The largest absolute Gasteiger partial charge is 0.207 e. The Labute approximate surface area is 197 Å². The van der Waals surface area contributed by atoms with Gasteiger partial charge in [-0.05, 0) is 105 Å². The molecular formula is C30H37F3. The molecule has 0 unspecified atom stereocenters. The SMILES string of the molecule is CCCC1CCC(c2ccc(C=CC3CCC(c4ccc(C)cc4F)CC3)c(F)c2F)CC1. The number of allylic oxidation sites excluding steroid dienone is 1. The zero-order valence-electron chi connectivity index (χ0n) is 20.1. The first-order valence-electron chi connectivity index (χ1n) is 12.9. The lowest BCUT2D eigenvalue weighted by molar-refractivity contribution is 0.303. The van der Waals surface area contributed by atoms with Gasteiger partial charge in [0.15, 0.2) is 11.6 Å². The summed E-state index contributed by atoms with van der Waals surface area (Å²) >= 11 is 0. The fourth-order valence-corrected chi connectivity index (χ4v) is 6.02. The van der Waals surface area contributed by atoms with Crippen LogP contribution in [0.15, 0.2) is 36.4 Å². The summed E-state index contributed by atoms with van der Waals surface area (Å²) in [5.74, 6) is -0.0149. The van der Waals surface area contributed by atoms with E-state index in [-0.39, 0.29) is 17.7 Å². The molecule has 0 saturated heterocycles. The van der Waals surface area contributed by atoms with Crippen molar-refractivity contribution in [3.8, 4) is 0 Å². The molecule has 0 heterocycles. The summed E-state index contributed by atoms with van der Waals surface area (Å²) in [6.45, 7) is 4.12. The highest BCUT2D eigenvalue weighted by Gasteiger charge is 2.26. The van der Waals surface area contributed by atoms with Gasteiger partial charge in [-0.3, -0.25) is 0 Å². The second-order valence-electron chi connectivity index (χ2n) is 10.4. The monoisotopic (exact) mass is 454 g/mol. The predicted molar refractivity (Wildman–Crippen MR) is 131 cm³/mol. The normalized spacial score (nSPS) is 26.1. The molecule has 2 aliphatic carbocycles. The van der Waals surface area contributed by atoms with Crippen LogP contribution in [0.1, 0.15) is 105 Å². The van der Waals surface area contributed by atoms with Crippen molar-refractivity contribution in [3.63, 3.8) is 0 Å². The van der Waals surface area contributed by atoms with Gasteiger partial charge in [0.05, 0.1) is 0 Å². The fourth-order valence-electron chi connectivity index (χ4n) is 6.02. The topological polar surface area (TPSA) is 0 Å². The first kappa shape index (κ1) is 24.1. The maximum Gasteiger partial charge on any atom is 0.166 e. The van der Waals surface area contributed by atoms with Crippen molar-refractivity contribution < 1.29 is 13.2 Å². The molecule has 0 aliphatic heterocycles. The second-order valence-corrected chi connectivity index (χ2v) is 10.4. The van der Waals surface area contributed by atoms with Crippen LogP contribution in [0.25, 0.3) is 6.08 Å². The van der Waals surface area contributed by atoms with Crippen molar-refractivity contribution >= 4 is 6.08 Å². The Bertz CT molecular complexity index is 961. The standard InChI is InChI=1S/C30H37F3/c1-3-4-21-6-13-24(14-7-21)27-18-16-25(29(32)30(27)33)15-10-22-8-11-23(12-9-22)26-17-5-20(2)19-28(26)31/h5,10,15-19,21-24H,3-4,6-9,11-14H2,1-2H3. The molecule has 0 spiro atoms. The van der Waals surface area contributed by atoms with Gasteiger partial charge in [-0.2, -0.15) is 0 Å². The summed E-state index contributed by atoms with van der Waals surface area (Å²) in [7, 11) is 0. The van der Waals surface area contributed by atoms with E-state index in [4.69, 9.17) is 0 Å². The van der Waals surface area contributed by atoms with Gasteiger partial charge < -0.3 is 0 Å². The lowest BCUT2D eigenvalue weighted by Gasteiger charge is -2.29. The second kappa shape index (κ2) is 10.9. The van der Waals surface area contributed by atoms with Crippen LogP contribution in [0.3, 0.4) is 0 Å². The zero-order valence-corrected chi connectivity index (χ0v) is 20.1. The lowest BCUT2D eigenvalue weighted by Crippen LogP contribution is -2.15. The highest BCUT2D eigenvalue weighted by atomic mass is 19.2. The van der Waals surface area contributed by atoms with Crippen molar-refractivity contribution in [1.82, 2.24) is 0 Å². The van der Waals surface area contributed by atoms with Crippen LogP contribution >= 0.6 is 0 Å². The summed E-state index contributed by atoms with van der Waals surface area (Å²) < 4.78 is 44.1. The van der Waals surface area contributed by atoms with Crippen LogP contribution in [0.2, 0.25) is 0 Å². The van der Waals surface area contributed by atoms with E-state index in [1.165, 1.54) is 12.8 Å². The quantitative estimate of drug-likeness (QED) is 0.408. The van der Waals surface area contributed by atoms with Crippen LogP contribution < -0.4 is 0 Å². The predicted octanol–water partition coefficient (Wildman–Crippen LogP) is 9.47. The molecule has 3 heteroatoms. The molecule has 4 rings (SSSR count). The molecule has 0 atom stereocenters. The van der Waals surface area contributed by atoms with Gasteiger partial charge in [-0.15, -0.1) is 0 Å². The molecule has 0 N–H and O–H groups in total. The molecule has 2 saturated carbocycles. The molecule has 0 bridgehead atoms. The number of rotatable bonds is 6. The first-order chi connectivity index (χ1) is 16.0. The van der Waals surface area contributed by atoms with Crippen LogP contribution in [0.4, 0.5) is 13.2 Å². The molecule has 33 heavy (non-hydrogen) atoms. The van der Waals surface area contributed by atoms with Crippen molar-refractivity contribution in [1.29, 1.82) is 0 Å². The van der Waals surface area contributed by atoms with Crippen molar-refractivity contribution in [2.45, 2.75) is 89.9 Å². The first-order valence-corrected chi connectivity index (χ1v) is 12.9. The fraction of sp³-hybridized carbons (Fsp3) is 0.533.